The number of hydrogen-bond donors (Lipinski definition) is 2. The third-order valence-corrected chi connectivity index (χ3v) is 4.59. The molecule has 0 unspecified atom stereocenters. The van der Waals surface area contributed by atoms with Crippen LogP contribution in [0.15, 0.2) is 24.3 Å². The normalized spacial score (nSPS) is 15.6. The van der Waals surface area contributed by atoms with Crippen LogP contribution in [0.4, 0.5) is 5.69 Å². The summed E-state index contributed by atoms with van der Waals surface area (Å²) < 4.78 is 5.91. The van der Waals surface area contributed by atoms with Crippen molar-refractivity contribution in [3.05, 3.63) is 29.8 Å². The first-order chi connectivity index (χ1) is 11.1. The van der Waals surface area contributed by atoms with Crippen molar-refractivity contribution in [2.45, 2.75) is 64.4 Å². The van der Waals surface area contributed by atoms with Crippen LogP contribution in [-0.4, -0.2) is 24.4 Å². The minimum atomic E-state index is 0.494. The fourth-order valence-electron chi connectivity index (χ4n) is 2.88. The molecule has 1 aliphatic carbocycles. The Morgan fingerprint density at radius 2 is 1.87 bits per heavy atom. The first-order valence-corrected chi connectivity index (χ1v) is 9.32. The average molecular weight is 335 g/mol. The second kappa shape index (κ2) is 9.89. The molecule has 2 rings (SSSR count). The van der Waals surface area contributed by atoms with E-state index in [4.69, 9.17) is 17.0 Å². The summed E-state index contributed by atoms with van der Waals surface area (Å²) in [6.45, 7) is 6.07. The Morgan fingerprint density at radius 1 is 1.17 bits per heavy atom. The van der Waals surface area contributed by atoms with E-state index in [1.165, 1.54) is 37.7 Å². The van der Waals surface area contributed by atoms with Gasteiger partial charge in [-0.2, -0.15) is 0 Å². The topological polar surface area (TPSA) is 33.3 Å². The molecule has 0 bridgehead atoms. The van der Waals surface area contributed by atoms with E-state index >= 15 is 0 Å². The van der Waals surface area contributed by atoms with Gasteiger partial charge in [-0.25, -0.2) is 0 Å². The number of rotatable bonds is 7. The van der Waals surface area contributed by atoms with Crippen LogP contribution in [0.25, 0.3) is 0 Å². The predicted octanol–water partition coefficient (Wildman–Crippen LogP) is 4.84. The Bertz CT molecular complexity index is 467. The lowest BCUT2D eigenvalue weighted by atomic mass is 9.98. The lowest BCUT2D eigenvalue weighted by molar-refractivity contribution is 0.0277. The highest BCUT2D eigenvalue weighted by molar-refractivity contribution is 7.80. The van der Waals surface area contributed by atoms with Crippen LogP contribution in [0, 0.1) is 0 Å². The fourth-order valence-corrected chi connectivity index (χ4v) is 3.10. The summed E-state index contributed by atoms with van der Waals surface area (Å²) in [5.41, 5.74) is 2.37. The summed E-state index contributed by atoms with van der Waals surface area (Å²) in [5, 5.41) is 7.15. The maximum absolute atomic E-state index is 5.91. The van der Waals surface area contributed by atoms with Crippen LogP contribution < -0.4 is 10.6 Å². The largest absolute Gasteiger partial charge is 0.378 e. The number of ether oxygens (including phenoxy) is 1. The molecule has 1 saturated carbocycles. The molecule has 0 amide bonds. The summed E-state index contributed by atoms with van der Waals surface area (Å²) in [5.74, 6) is 0.554. The van der Waals surface area contributed by atoms with Gasteiger partial charge in [0.2, 0.25) is 0 Å². The maximum atomic E-state index is 5.91. The lowest BCUT2D eigenvalue weighted by Crippen LogP contribution is -2.30. The van der Waals surface area contributed by atoms with Crippen molar-refractivity contribution in [2.24, 2.45) is 0 Å². The van der Waals surface area contributed by atoms with Crippen molar-refractivity contribution in [3.63, 3.8) is 0 Å². The minimum absolute atomic E-state index is 0.494. The summed E-state index contributed by atoms with van der Waals surface area (Å²) in [4.78, 5) is 0. The minimum Gasteiger partial charge on any atom is -0.378 e. The monoisotopic (exact) mass is 334 g/mol. The zero-order valence-corrected chi connectivity index (χ0v) is 15.3. The van der Waals surface area contributed by atoms with Crippen LogP contribution in [0.2, 0.25) is 0 Å². The molecule has 0 aromatic heterocycles. The Hall–Kier alpha value is -1.13. The molecule has 0 spiro atoms. The van der Waals surface area contributed by atoms with E-state index in [0.717, 1.165) is 25.3 Å². The number of nitrogens with one attached hydrogen (secondary N) is 2. The summed E-state index contributed by atoms with van der Waals surface area (Å²) in [6, 6.07) is 8.45. The van der Waals surface area contributed by atoms with Gasteiger partial charge in [0.05, 0.1) is 6.10 Å². The van der Waals surface area contributed by atoms with Crippen molar-refractivity contribution in [1.29, 1.82) is 0 Å². The van der Waals surface area contributed by atoms with Gasteiger partial charge >= 0.3 is 0 Å². The fraction of sp³-hybridized carbons (Fsp3) is 0.632. The number of anilines is 1. The molecule has 1 aliphatic rings. The maximum Gasteiger partial charge on any atom is 0.170 e. The van der Waals surface area contributed by atoms with Crippen LogP contribution in [-0.2, 0) is 4.74 Å². The second-order valence-electron chi connectivity index (χ2n) is 6.64. The summed E-state index contributed by atoms with van der Waals surface area (Å²) in [6.07, 6.45) is 7.98. The van der Waals surface area contributed by atoms with Gasteiger partial charge in [-0.15, -0.1) is 0 Å². The molecule has 128 valence electrons. The Morgan fingerprint density at radius 3 is 2.52 bits per heavy atom. The molecule has 0 saturated heterocycles. The molecule has 0 heterocycles. The Labute approximate surface area is 146 Å². The van der Waals surface area contributed by atoms with Crippen molar-refractivity contribution in [2.75, 3.05) is 18.5 Å². The van der Waals surface area contributed by atoms with Crippen LogP contribution in [0.1, 0.15) is 63.9 Å². The average Bonchev–Trinajstić information content (AvgIpc) is 2.56. The lowest BCUT2D eigenvalue weighted by Gasteiger charge is -2.22. The highest BCUT2D eigenvalue weighted by Crippen LogP contribution is 2.20. The molecule has 23 heavy (non-hydrogen) atoms. The van der Waals surface area contributed by atoms with E-state index < -0.39 is 0 Å². The SMILES string of the molecule is CC(C)c1ccc(NC(=S)NCCCOC2CCCCC2)cc1. The van der Waals surface area contributed by atoms with E-state index in [2.05, 4.69) is 48.7 Å². The predicted molar refractivity (Wildman–Crippen MR) is 102 cm³/mol. The summed E-state index contributed by atoms with van der Waals surface area (Å²) >= 11 is 5.33. The van der Waals surface area contributed by atoms with Gasteiger partial charge in [-0.05, 0) is 55.1 Å². The molecule has 4 heteroatoms. The zero-order valence-electron chi connectivity index (χ0n) is 14.4. The summed E-state index contributed by atoms with van der Waals surface area (Å²) in [7, 11) is 0. The smallest absolute Gasteiger partial charge is 0.170 e. The Balaban J connectivity index is 1.57. The van der Waals surface area contributed by atoms with Gasteiger partial charge in [0, 0.05) is 18.8 Å². The molecule has 0 atom stereocenters. The van der Waals surface area contributed by atoms with E-state index in [9.17, 15) is 0 Å². The van der Waals surface area contributed by atoms with Gasteiger partial charge in [-0.3, -0.25) is 0 Å². The quantitative estimate of drug-likeness (QED) is 0.552. The van der Waals surface area contributed by atoms with E-state index in [1.54, 1.807) is 0 Å². The number of benzene rings is 1. The molecule has 0 aliphatic heterocycles. The van der Waals surface area contributed by atoms with Crippen LogP contribution >= 0.6 is 12.2 Å². The van der Waals surface area contributed by atoms with Gasteiger partial charge in [-0.1, -0.05) is 45.2 Å². The highest BCUT2D eigenvalue weighted by Gasteiger charge is 2.12. The molecular formula is C19H30N2OS. The highest BCUT2D eigenvalue weighted by atomic mass is 32.1. The second-order valence-corrected chi connectivity index (χ2v) is 7.05. The Kier molecular flexibility index (Phi) is 7.83. The zero-order chi connectivity index (χ0) is 16.5. The molecule has 2 N–H and O–H groups in total. The third kappa shape index (κ3) is 6.88. The first kappa shape index (κ1) is 18.2. The molecule has 3 nitrogen and oxygen atoms in total. The van der Waals surface area contributed by atoms with Crippen molar-refractivity contribution in [3.8, 4) is 0 Å². The van der Waals surface area contributed by atoms with Crippen LogP contribution in [0.5, 0.6) is 0 Å². The molecule has 1 aromatic rings. The first-order valence-electron chi connectivity index (χ1n) is 8.91. The molecule has 1 fully saturated rings. The van der Waals surface area contributed by atoms with Crippen molar-refractivity contribution >= 4 is 23.0 Å². The van der Waals surface area contributed by atoms with E-state index in [1.807, 2.05) is 0 Å². The molecular weight excluding hydrogens is 304 g/mol. The van der Waals surface area contributed by atoms with Crippen molar-refractivity contribution in [1.82, 2.24) is 5.32 Å². The standard InChI is InChI=1S/C19H30N2OS/c1-15(2)16-9-11-17(12-10-16)21-19(23)20-13-6-14-22-18-7-4-3-5-8-18/h9-12,15,18H,3-8,13-14H2,1-2H3,(H2,20,21,23). The molecule has 0 radical (unpaired) electrons. The van der Waals surface area contributed by atoms with Crippen molar-refractivity contribution < 1.29 is 4.74 Å². The van der Waals surface area contributed by atoms with Crippen LogP contribution in [0.3, 0.4) is 0 Å². The van der Waals surface area contributed by atoms with Gasteiger partial charge in [0.15, 0.2) is 5.11 Å². The van der Waals surface area contributed by atoms with Gasteiger partial charge in [0.1, 0.15) is 0 Å². The van der Waals surface area contributed by atoms with Gasteiger partial charge < -0.3 is 15.4 Å². The van der Waals surface area contributed by atoms with E-state index in [0.29, 0.717) is 17.1 Å². The number of hydrogen-bond acceptors (Lipinski definition) is 2. The number of thiocarbonyl (C=S) groups is 1. The molecule has 1 aromatic carbocycles. The third-order valence-electron chi connectivity index (χ3n) is 4.35. The van der Waals surface area contributed by atoms with Gasteiger partial charge in [0.25, 0.3) is 0 Å². The van der Waals surface area contributed by atoms with E-state index in [-0.39, 0.29) is 0 Å².